The van der Waals surface area contributed by atoms with Crippen molar-refractivity contribution in [1.82, 2.24) is 10.2 Å². The van der Waals surface area contributed by atoms with E-state index >= 15 is 0 Å². The second-order valence-electron chi connectivity index (χ2n) is 11.2. The molecule has 0 saturated heterocycles. The molecule has 0 aromatic heterocycles. The molecule has 9 nitrogen and oxygen atoms in total. The maximum absolute atomic E-state index is 14.6. The topological polar surface area (TPSA) is 105 Å². The molecule has 0 aliphatic heterocycles. The van der Waals surface area contributed by atoms with Gasteiger partial charge in [-0.1, -0.05) is 73.5 Å². The summed E-state index contributed by atoms with van der Waals surface area (Å²) in [4.78, 5) is 29.9. The number of hydrogen-bond donors (Lipinski definition) is 1. The summed E-state index contributed by atoms with van der Waals surface area (Å²) in [6.45, 7) is 3.92. The number of carbonyl (C=O) groups excluding carboxylic acids is 2. The zero-order valence-corrected chi connectivity index (χ0v) is 28.2. The largest absolute Gasteiger partial charge is 0.497 e. The van der Waals surface area contributed by atoms with Crippen LogP contribution < -0.4 is 19.1 Å². The lowest BCUT2D eigenvalue weighted by Crippen LogP contribution is -2.53. The minimum atomic E-state index is -4.22. The van der Waals surface area contributed by atoms with Gasteiger partial charge in [0.1, 0.15) is 24.1 Å². The number of benzene rings is 4. The van der Waals surface area contributed by atoms with Crippen molar-refractivity contribution in [3.63, 3.8) is 0 Å². The molecule has 4 rings (SSSR count). The van der Waals surface area contributed by atoms with E-state index in [1.54, 1.807) is 55.6 Å². The van der Waals surface area contributed by atoms with E-state index in [0.29, 0.717) is 23.7 Å². The molecular formula is C37H43N3O6S. The molecule has 0 heterocycles. The van der Waals surface area contributed by atoms with Crippen molar-refractivity contribution in [2.24, 2.45) is 0 Å². The molecule has 47 heavy (non-hydrogen) atoms. The van der Waals surface area contributed by atoms with Gasteiger partial charge in [0.2, 0.25) is 11.8 Å². The fourth-order valence-electron chi connectivity index (χ4n) is 5.14. The number of nitrogens with one attached hydrogen (secondary N) is 1. The molecule has 0 saturated carbocycles. The van der Waals surface area contributed by atoms with Crippen molar-refractivity contribution in [3.05, 3.63) is 120 Å². The average Bonchev–Trinajstić information content (AvgIpc) is 3.09. The Bertz CT molecular complexity index is 1710. The fraction of sp³-hybridized carbons (Fsp3) is 0.297. The van der Waals surface area contributed by atoms with Crippen LogP contribution >= 0.6 is 0 Å². The molecule has 4 aromatic rings. The van der Waals surface area contributed by atoms with E-state index in [1.165, 1.54) is 24.1 Å². The second kappa shape index (κ2) is 16.6. The molecule has 2 amide bonds. The maximum atomic E-state index is 14.6. The Balaban J connectivity index is 1.79. The molecule has 4 aromatic carbocycles. The van der Waals surface area contributed by atoms with Gasteiger partial charge in [-0.2, -0.15) is 0 Å². The minimum absolute atomic E-state index is 0.00386. The molecule has 10 heteroatoms. The van der Waals surface area contributed by atoms with Gasteiger partial charge in [-0.05, 0) is 73.0 Å². The number of nitrogens with zero attached hydrogens (tertiary/aromatic N) is 2. The fourth-order valence-corrected chi connectivity index (χ4v) is 6.56. The molecular weight excluding hydrogens is 614 g/mol. The van der Waals surface area contributed by atoms with E-state index in [2.05, 4.69) is 5.32 Å². The maximum Gasteiger partial charge on any atom is 0.264 e. The highest BCUT2D eigenvalue weighted by atomic mass is 32.2. The summed E-state index contributed by atoms with van der Waals surface area (Å²) in [6.07, 6.45) is 1.92. The van der Waals surface area contributed by atoms with Crippen molar-refractivity contribution in [2.45, 2.75) is 50.6 Å². The number of sulfonamides is 1. The number of rotatable bonds is 16. The van der Waals surface area contributed by atoms with Crippen molar-refractivity contribution in [3.8, 4) is 11.5 Å². The van der Waals surface area contributed by atoms with Gasteiger partial charge in [-0.3, -0.25) is 13.9 Å². The predicted molar refractivity (Wildman–Crippen MR) is 184 cm³/mol. The molecule has 0 spiro atoms. The van der Waals surface area contributed by atoms with Crippen molar-refractivity contribution in [1.29, 1.82) is 0 Å². The van der Waals surface area contributed by atoms with Crippen LogP contribution in [0.1, 0.15) is 36.5 Å². The van der Waals surface area contributed by atoms with Crippen LogP contribution in [0.3, 0.4) is 0 Å². The van der Waals surface area contributed by atoms with Gasteiger partial charge in [-0.25, -0.2) is 8.42 Å². The summed E-state index contributed by atoms with van der Waals surface area (Å²) in [5, 5.41) is 3.00. The molecule has 1 N–H and O–H groups in total. The quantitative estimate of drug-likeness (QED) is 0.154. The summed E-state index contributed by atoms with van der Waals surface area (Å²) in [5.74, 6) is 0.269. The first-order valence-electron chi connectivity index (χ1n) is 15.6. The number of unbranched alkanes of at least 4 members (excludes halogenated alkanes) is 1. The van der Waals surface area contributed by atoms with E-state index in [1.807, 2.05) is 56.3 Å². The molecule has 0 fully saturated rings. The first-order chi connectivity index (χ1) is 22.7. The Hall–Kier alpha value is -4.83. The van der Waals surface area contributed by atoms with Gasteiger partial charge in [0.25, 0.3) is 10.0 Å². The highest BCUT2D eigenvalue weighted by Gasteiger charge is 2.34. The number of methoxy groups -OCH3 is 2. The minimum Gasteiger partial charge on any atom is -0.497 e. The third kappa shape index (κ3) is 9.36. The van der Waals surface area contributed by atoms with Gasteiger partial charge in [0, 0.05) is 19.5 Å². The van der Waals surface area contributed by atoms with E-state index in [0.717, 1.165) is 33.8 Å². The molecule has 1 atom stereocenters. The van der Waals surface area contributed by atoms with Crippen LogP contribution in [-0.4, -0.2) is 58.5 Å². The summed E-state index contributed by atoms with van der Waals surface area (Å²) in [6, 6.07) is 28.8. The zero-order chi connectivity index (χ0) is 33.8. The van der Waals surface area contributed by atoms with Crippen molar-refractivity contribution >= 4 is 27.5 Å². The monoisotopic (exact) mass is 657 g/mol. The Morgan fingerprint density at radius 3 is 2.11 bits per heavy atom. The smallest absolute Gasteiger partial charge is 0.264 e. The Morgan fingerprint density at radius 2 is 1.47 bits per heavy atom. The Kier molecular flexibility index (Phi) is 12.4. The van der Waals surface area contributed by atoms with Crippen molar-refractivity contribution in [2.75, 3.05) is 31.6 Å². The van der Waals surface area contributed by atoms with Gasteiger partial charge < -0.3 is 19.7 Å². The third-order valence-electron chi connectivity index (χ3n) is 7.84. The van der Waals surface area contributed by atoms with E-state index < -0.39 is 28.5 Å². The van der Waals surface area contributed by atoms with Gasteiger partial charge >= 0.3 is 0 Å². The van der Waals surface area contributed by atoms with Crippen LogP contribution in [0.2, 0.25) is 0 Å². The predicted octanol–water partition coefficient (Wildman–Crippen LogP) is 5.76. The van der Waals surface area contributed by atoms with Crippen LogP contribution in [-0.2, 0) is 32.6 Å². The molecule has 248 valence electrons. The van der Waals surface area contributed by atoms with Crippen LogP contribution in [0, 0.1) is 6.92 Å². The highest BCUT2D eigenvalue weighted by molar-refractivity contribution is 7.92. The molecule has 0 bridgehead atoms. The van der Waals surface area contributed by atoms with E-state index in [4.69, 9.17) is 9.47 Å². The van der Waals surface area contributed by atoms with Gasteiger partial charge in [0.15, 0.2) is 0 Å². The lowest BCUT2D eigenvalue weighted by Gasteiger charge is -2.34. The lowest BCUT2D eigenvalue weighted by molar-refractivity contribution is -0.140. The summed E-state index contributed by atoms with van der Waals surface area (Å²) in [7, 11) is -1.15. The van der Waals surface area contributed by atoms with E-state index in [9.17, 15) is 18.0 Å². The molecule has 0 unspecified atom stereocenters. The Morgan fingerprint density at radius 1 is 0.809 bits per heavy atom. The first-order valence-corrected chi connectivity index (χ1v) is 17.1. The first kappa shape index (κ1) is 35.0. The Labute approximate surface area is 278 Å². The standard InChI is InChI=1S/C37H43N3O6S/c1-5-6-23-38-37(42)35(25-29-11-8-7-9-12-29)39(26-30-13-10-14-33(24-30)46-4)36(41)27-40(31-17-15-28(2)16-18-31)47(43,44)34-21-19-32(45-3)20-22-34/h7-22,24,35H,5-6,23,25-27H2,1-4H3,(H,38,42)/t35-/m1/s1. The zero-order valence-electron chi connectivity index (χ0n) is 27.4. The average molecular weight is 658 g/mol. The number of carbonyl (C=O) groups is 2. The molecule has 0 radical (unpaired) electrons. The van der Waals surface area contributed by atoms with Gasteiger partial charge in [0.05, 0.1) is 24.8 Å². The molecule has 0 aliphatic carbocycles. The highest BCUT2D eigenvalue weighted by Crippen LogP contribution is 2.27. The van der Waals surface area contributed by atoms with Crippen molar-refractivity contribution < 1.29 is 27.5 Å². The number of anilines is 1. The SMILES string of the molecule is CCCCNC(=O)[C@@H](Cc1ccccc1)N(Cc1cccc(OC)c1)C(=O)CN(c1ccc(C)cc1)S(=O)(=O)c1ccc(OC)cc1. The van der Waals surface area contributed by atoms with Crippen LogP contribution in [0.25, 0.3) is 0 Å². The van der Waals surface area contributed by atoms with Crippen LogP contribution in [0.5, 0.6) is 11.5 Å². The second-order valence-corrected chi connectivity index (χ2v) is 13.1. The number of hydrogen-bond acceptors (Lipinski definition) is 6. The normalized spacial score (nSPS) is 11.7. The number of ether oxygens (including phenoxy) is 2. The summed E-state index contributed by atoms with van der Waals surface area (Å²) < 4.78 is 40.2. The molecule has 0 aliphatic rings. The summed E-state index contributed by atoms with van der Waals surface area (Å²) in [5.41, 5.74) is 2.87. The van der Waals surface area contributed by atoms with Crippen LogP contribution in [0.15, 0.2) is 108 Å². The number of aryl methyl sites for hydroxylation is 1. The third-order valence-corrected chi connectivity index (χ3v) is 9.62. The number of amides is 2. The summed E-state index contributed by atoms with van der Waals surface area (Å²) >= 11 is 0. The van der Waals surface area contributed by atoms with Crippen LogP contribution in [0.4, 0.5) is 5.69 Å². The van der Waals surface area contributed by atoms with E-state index in [-0.39, 0.29) is 23.8 Å². The van der Waals surface area contributed by atoms with Gasteiger partial charge in [-0.15, -0.1) is 0 Å². The lowest BCUT2D eigenvalue weighted by atomic mass is 10.0.